The lowest BCUT2D eigenvalue weighted by molar-refractivity contribution is 0.342. The fourth-order valence-corrected chi connectivity index (χ4v) is 2.72. The van der Waals surface area contributed by atoms with Gasteiger partial charge in [-0.1, -0.05) is 24.6 Å². The van der Waals surface area contributed by atoms with E-state index in [2.05, 4.69) is 28.8 Å². The normalized spacial score (nSPS) is 19.8. The highest BCUT2D eigenvalue weighted by atomic mass is 14.9. The molecule has 0 radical (unpaired) electrons. The van der Waals surface area contributed by atoms with E-state index in [9.17, 15) is 0 Å². The van der Waals surface area contributed by atoms with Gasteiger partial charge in [-0.2, -0.15) is 0 Å². The van der Waals surface area contributed by atoms with Gasteiger partial charge in [0.05, 0.1) is 0 Å². The molecule has 0 saturated heterocycles. The van der Waals surface area contributed by atoms with E-state index in [0.717, 1.165) is 25.7 Å². The summed E-state index contributed by atoms with van der Waals surface area (Å²) in [6.45, 7) is 3.33. The zero-order valence-corrected chi connectivity index (χ0v) is 10.5. The number of hydrogen-bond acceptors (Lipinski definition) is 2. The summed E-state index contributed by atoms with van der Waals surface area (Å²) < 4.78 is 0. The van der Waals surface area contributed by atoms with Gasteiger partial charge in [0.2, 0.25) is 0 Å². The van der Waals surface area contributed by atoms with Gasteiger partial charge in [0.25, 0.3) is 0 Å². The molecular formula is C15H22N2. The number of rotatable bonds is 4. The van der Waals surface area contributed by atoms with E-state index < -0.39 is 0 Å². The SMILES string of the molecule is c1cc2c(cc1CCNC1CCC1)CCNC2. The molecule has 0 spiro atoms. The van der Waals surface area contributed by atoms with Gasteiger partial charge in [0.15, 0.2) is 0 Å². The van der Waals surface area contributed by atoms with Crippen LogP contribution >= 0.6 is 0 Å². The van der Waals surface area contributed by atoms with Gasteiger partial charge >= 0.3 is 0 Å². The number of benzene rings is 1. The fourth-order valence-electron chi connectivity index (χ4n) is 2.72. The highest BCUT2D eigenvalue weighted by molar-refractivity contribution is 5.33. The molecule has 0 aromatic heterocycles. The van der Waals surface area contributed by atoms with E-state index in [0.29, 0.717) is 0 Å². The lowest BCUT2D eigenvalue weighted by atomic mass is 9.93. The van der Waals surface area contributed by atoms with Crippen LogP contribution in [-0.4, -0.2) is 19.1 Å². The Morgan fingerprint density at radius 2 is 2.18 bits per heavy atom. The summed E-state index contributed by atoms with van der Waals surface area (Å²) in [4.78, 5) is 0. The molecule has 2 heteroatoms. The molecule has 0 bridgehead atoms. The molecule has 1 aliphatic heterocycles. The highest BCUT2D eigenvalue weighted by Crippen LogP contribution is 2.18. The van der Waals surface area contributed by atoms with Gasteiger partial charge < -0.3 is 10.6 Å². The van der Waals surface area contributed by atoms with Crippen LogP contribution in [0.1, 0.15) is 36.0 Å². The molecule has 0 unspecified atom stereocenters. The van der Waals surface area contributed by atoms with E-state index in [-0.39, 0.29) is 0 Å². The molecule has 1 aliphatic carbocycles. The minimum atomic E-state index is 0.817. The van der Waals surface area contributed by atoms with Crippen molar-refractivity contribution in [2.45, 2.75) is 44.7 Å². The summed E-state index contributed by atoms with van der Waals surface area (Å²) in [5.41, 5.74) is 4.55. The standard InChI is InChI=1S/C15H22N2/c1-2-15(3-1)17-9-6-12-4-5-14-11-16-8-7-13(14)10-12/h4-5,10,15-17H,1-3,6-9,11H2. The fraction of sp³-hybridized carbons (Fsp3) is 0.600. The second kappa shape index (κ2) is 5.19. The minimum Gasteiger partial charge on any atom is -0.314 e. The molecule has 0 amide bonds. The minimum absolute atomic E-state index is 0.817. The Morgan fingerprint density at radius 3 is 3.00 bits per heavy atom. The molecule has 1 aromatic carbocycles. The van der Waals surface area contributed by atoms with E-state index in [4.69, 9.17) is 0 Å². The predicted molar refractivity (Wildman–Crippen MR) is 71.2 cm³/mol. The molecule has 92 valence electrons. The maximum atomic E-state index is 3.64. The topological polar surface area (TPSA) is 24.1 Å². The second-order valence-electron chi connectivity index (χ2n) is 5.36. The monoisotopic (exact) mass is 230 g/mol. The molecule has 2 nitrogen and oxygen atoms in total. The quantitative estimate of drug-likeness (QED) is 0.827. The molecule has 1 fully saturated rings. The van der Waals surface area contributed by atoms with E-state index >= 15 is 0 Å². The van der Waals surface area contributed by atoms with Gasteiger partial charge in [-0.3, -0.25) is 0 Å². The van der Waals surface area contributed by atoms with Crippen LogP contribution in [0.2, 0.25) is 0 Å². The van der Waals surface area contributed by atoms with Crippen LogP contribution in [-0.2, 0) is 19.4 Å². The molecule has 3 rings (SSSR count). The third-order valence-corrected chi connectivity index (χ3v) is 4.11. The molecule has 0 atom stereocenters. The van der Waals surface area contributed by atoms with Gasteiger partial charge in [-0.15, -0.1) is 0 Å². The van der Waals surface area contributed by atoms with Crippen LogP contribution in [0, 0.1) is 0 Å². The number of fused-ring (bicyclic) bond motifs is 1. The van der Waals surface area contributed by atoms with Gasteiger partial charge in [0.1, 0.15) is 0 Å². The highest BCUT2D eigenvalue weighted by Gasteiger charge is 2.15. The van der Waals surface area contributed by atoms with Crippen LogP contribution in [0.15, 0.2) is 18.2 Å². The van der Waals surface area contributed by atoms with E-state index in [1.807, 2.05) is 0 Å². The Balaban J connectivity index is 1.55. The van der Waals surface area contributed by atoms with Crippen molar-refractivity contribution in [1.82, 2.24) is 10.6 Å². The van der Waals surface area contributed by atoms with Crippen LogP contribution in [0.5, 0.6) is 0 Å². The van der Waals surface area contributed by atoms with Crippen molar-refractivity contribution >= 4 is 0 Å². The zero-order chi connectivity index (χ0) is 11.5. The summed E-state index contributed by atoms with van der Waals surface area (Å²) in [5.74, 6) is 0. The lowest BCUT2D eigenvalue weighted by Crippen LogP contribution is -2.36. The van der Waals surface area contributed by atoms with E-state index in [1.165, 1.54) is 43.2 Å². The summed E-state index contributed by atoms with van der Waals surface area (Å²) in [6, 6.07) is 7.84. The lowest BCUT2D eigenvalue weighted by Gasteiger charge is -2.26. The Bertz CT molecular complexity index is 383. The Labute approximate surface area is 104 Å². The largest absolute Gasteiger partial charge is 0.314 e. The molecule has 1 aromatic rings. The van der Waals surface area contributed by atoms with Crippen molar-refractivity contribution in [3.8, 4) is 0 Å². The molecule has 2 aliphatic rings. The molecule has 2 N–H and O–H groups in total. The van der Waals surface area contributed by atoms with E-state index in [1.54, 1.807) is 5.56 Å². The zero-order valence-electron chi connectivity index (χ0n) is 10.5. The van der Waals surface area contributed by atoms with Crippen LogP contribution < -0.4 is 10.6 Å². The summed E-state index contributed by atoms with van der Waals surface area (Å²) in [6.07, 6.45) is 6.56. The Kier molecular flexibility index (Phi) is 3.44. The Hall–Kier alpha value is -0.860. The maximum Gasteiger partial charge on any atom is 0.0208 e. The first-order chi connectivity index (χ1) is 8.42. The van der Waals surface area contributed by atoms with Crippen LogP contribution in [0.4, 0.5) is 0 Å². The first-order valence-corrected chi connectivity index (χ1v) is 6.96. The third kappa shape index (κ3) is 2.70. The van der Waals surface area contributed by atoms with Crippen molar-refractivity contribution in [3.63, 3.8) is 0 Å². The smallest absolute Gasteiger partial charge is 0.0208 e. The summed E-state index contributed by atoms with van der Waals surface area (Å²) >= 11 is 0. The van der Waals surface area contributed by atoms with Crippen molar-refractivity contribution in [1.29, 1.82) is 0 Å². The first-order valence-electron chi connectivity index (χ1n) is 6.96. The molecule has 1 heterocycles. The van der Waals surface area contributed by atoms with Crippen LogP contribution in [0.3, 0.4) is 0 Å². The second-order valence-corrected chi connectivity index (χ2v) is 5.36. The Morgan fingerprint density at radius 1 is 1.24 bits per heavy atom. The summed E-state index contributed by atoms with van der Waals surface area (Å²) in [5, 5.41) is 7.06. The van der Waals surface area contributed by atoms with Gasteiger partial charge in [0, 0.05) is 12.6 Å². The molecular weight excluding hydrogens is 208 g/mol. The number of nitrogens with one attached hydrogen (secondary N) is 2. The number of hydrogen-bond donors (Lipinski definition) is 2. The average molecular weight is 230 g/mol. The average Bonchev–Trinajstić information content (AvgIpc) is 2.32. The molecule has 1 saturated carbocycles. The van der Waals surface area contributed by atoms with Crippen LogP contribution in [0.25, 0.3) is 0 Å². The first kappa shape index (κ1) is 11.2. The van der Waals surface area contributed by atoms with Crippen molar-refractivity contribution in [2.75, 3.05) is 13.1 Å². The van der Waals surface area contributed by atoms with Gasteiger partial charge in [-0.25, -0.2) is 0 Å². The van der Waals surface area contributed by atoms with Gasteiger partial charge in [-0.05, 0) is 55.5 Å². The third-order valence-electron chi connectivity index (χ3n) is 4.11. The van der Waals surface area contributed by atoms with Crippen molar-refractivity contribution in [3.05, 3.63) is 34.9 Å². The predicted octanol–water partition coefficient (Wildman–Crippen LogP) is 2.02. The van der Waals surface area contributed by atoms with Crippen molar-refractivity contribution in [2.24, 2.45) is 0 Å². The maximum absolute atomic E-state index is 3.64. The van der Waals surface area contributed by atoms with Crippen molar-refractivity contribution < 1.29 is 0 Å². The summed E-state index contributed by atoms with van der Waals surface area (Å²) in [7, 11) is 0. The molecule has 17 heavy (non-hydrogen) atoms.